The summed E-state index contributed by atoms with van der Waals surface area (Å²) < 4.78 is 11.0. The smallest absolute Gasteiger partial charge is 0.254 e. The van der Waals surface area contributed by atoms with Gasteiger partial charge in [-0.05, 0) is 30.2 Å². The number of methoxy groups -OCH3 is 1. The second-order valence-corrected chi connectivity index (χ2v) is 6.58. The number of fused-ring (bicyclic) bond motifs is 1. The molecule has 1 aromatic carbocycles. The van der Waals surface area contributed by atoms with Gasteiger partial charge in [-0.2, -0.15) is 0 Å². The molecule has 28 heavy (non-hydrogen) atoms. The highest BCUT2D eigenvalue weighted by atomic mass is 16.5. The fraction of sp³-hybridized carbons (Fsp3) is 0.238. The molecule has 3 heterocycles. The first-order chi connectivity index (χ1) is 13.7. The standard InChI is InChI=1S/C21H20N4O3/c1-27-17-6-5-15-8-14(13-28-19(15)9-17)10-25-21(26)16-11-23-20(24-12-16)18-4-2-3-7-22-18/h2-7,9,11-12,14H,8,10,13H2,1H3,(H,25,26). The molecule has 0 aliphatic carbocycles. The summed E-state index contributed by atoms with van der Waals surface area (Å²) in [4.78, 5) is 25.1. The molecule has 0 bridgehead atoms. The lowest BCUT2D eigenvalue weighted by atomic mass is 9.96. The van der Waals surface area contributed by atoms with Crippen LogP contribution in [0.4, 0.5) is 0 Å². The van der Waals surface area contributed by atoms with Crippen molar-refractivity contribution >= 4 is 5.91 Å². The first-order valence-electron chi connectivity index (χ1n) is 9.04. The molecule has 1 N–H and O–H groups in total. The van der Waals surface area contributed by atoms with Crippen molar-refractivity contribution in [2.45, 2.75) is 6.42 Å². The maximum absolute atomic E-state index is 12.4. The number of carbonyl (C=O) groups is 1. The van der Waals surface area contributed by atoms with Gasteiger partial charge in [0.1, 0.15) is 17.2 Å². The minimum absolute atomic E-state index is 0.201. The largest absolute Gasteiger partial charge is 0.497 e. The van der Waals surface area contributed by atoms with Crippen molar-refractivity contribution in [1.82, 2.24) is 20.3 Å². The SMILES string of the molecule is COc1ccc2c(c1)OCC(CNC(=O)c1cnc(-c3ccccn3)nc1)C2. The topological polar surface area (TPSA) is 86.2 Å². The first-order valence-corrected chi connectivity index (χ1v) is 9.04. The zero-order valence-electron chi connectivity index (χ0n) is 15.5. The zero-order chi connectivity index (χ0) is 19.3. The number of hydrogen-bond donors (Lipinski definition) is 1. The number of aromatic nitrogens is 3. The lowest BCUT2D eigenvalue weighted by molar-refractivity contribution is 0.0938. The third-order valence-electron chi connectivity index (χ3n) is 4.62. The minimum atomic E-state index is -0.201. The van der Waals surface area contributed by atoms with E-state index in [1.165, 1.54) is 12.4 Å². The number of benzene rings is 1. The minimum Gasteiger partial charge on any atom is -0.497 e. The molecule has 4 rings (SSSR count). The molecule has 0 saturated carbocycles. The van der Waals surface area contributed by atoms with Gasteiger partial charge in [0.05, 0.1) is 19.3 Å². The highest BCUT2D eigenvalue weighted by Gasteiger charge is 2.21. The van der Waals surface area contributed by atoms with Crippen molar-refractivity contribution in [2.24, 2.45) is 5.92 Å². The number of nitrogens with one attached hydrogen (secondary N) is 1. The molecule has 0 spiro atoms. The molecular formula is C21H20N4O3. The Kier molecular flexibility index (Phi) is 5.14. The predicted octanol–water partition coefficient (Wildman–Crippen LogP) is 2.53. The molecule has 1 amide bonds. The van der Waals surface area contributed by atoms with Crippen LogP contribution in [0.3, 0.4) is 0 Å². The van der Waals surface area contributed by atoms with E-state index in [1.807, 2.05) is 36.4 Å². The molecule has 0 fully saturated rings. The van der Waals surface area contributed by atoms with E-state index < -0.39 is 0 Å². The quantitative estimate of drug-likeness (QED) is 0.736. The Morgan fingerprint density at radius 2 is 2.07 bits per heavy atom. The van der Waals surface area contributed by atoms with E-state index in [4.69, 9.17) is 9.47 Å². The summed E-state index contributed by atoms with van der Waals surface area (Å²) in [6.07, 6.45) is 5.56. The molecule has 0 saturated heterocycles. The van der Waals surface area contributed by atoms with E-state index in [1.54, 1.807) is 13.3 Å². The normalized spacial score (nSPS) is 15.2. The second kappa shape index (κ2) is 8.04. The van der Waals surface area contributed by atoms with Gasteiger partial charge in [0, 0.05) is 37.1 Å². The fourth-order valence-electron chi connectivity index (χ4n) is 3.09. The Bertz CT molecular complexity index is 961. The summed E-state index contributed by atoms with van der Waals surface area (Å²) in [5.74, 6) is 2.12. The number of carbonyl (C=O) groups excluding carboxylic acids is 1. The lowest BCUT2D eigenvalue weighted by Crippen LogP contribution is -2.34. The first kappa shape index (κ1) is 17.9. The summed E-state index contributed by atoms with van der Waals surface area (Å²) in [5.41, 5.74) is 2.21. The Balaban J connectivity index is 1.34. The number of rotatable bonds is 5. The average Bonchev–Trinajstić information content (AvgIpc) is 2.77. The number of hydrogen-bond acceptors (Lipinski definition) is 6. The van der Waals surface area contributed by atoms with Crippen LogP contribution in [0.15, 0.2) is 55.0 Å². The lowest BCUT2D eigenvalue weighted by Gasteiger charge is -2.25. The van der Waals surface area contributed by atoms with E-state index in [9.17, 15) is 4.79 Å². The Morgan fingerprint density at radius 3 is 2.82 bits per heavy atom. The maximum Gasteiger partial charge on any atom is 0.254 e. The van der Waals surface area contributed by atoms with Crippen LogP contribution >= 0.6 is 0 Å². The van der Waals surface area contributed by atoms with Crippen molar-refractivity contribution in [3.05, 3.63) is 66.1 Å². The second-order valence-electron chi connectivity index (χ2n) is 6.58. The monoisotopic (exact) mass is 376 g/mol. The van der Waals surface area contributed by atoms with Crippen LogP contribution in [0.1, 0.15) is 15.9 Å². The predicted molar refractivity (Wildman–Crippen MR) is 103 cm³/mol. The molecule has 142 valence electrons. The van der Waals surface area contributed by atoms with Gasteiger partial charge in [0.2, 0.25) is 0 Å². The third-order valence-corrected chi connectivity index (χ3v) is 4.62. The van der Waals surface area contributed by atoms with Gasteiger partial charge >= 0.3 is 0 Å². The Hall–Kier alpha value is -3.48. The molecule has 7 heteroatoms. The van der Waals surface area contributed by atoms with E-state index in [-0.39, 0.29) is 11.8 Å². The van der Waals surface area contributed by atoms with Crippen LogP contribution in [-0.2, 0) is 6.42 Å². The van der Waals surface area contributed by atoms with E-state index in [0.717, 1.165) is 23.5 Å². The molecule has 2 aromatic heterocycles. The summed E-state index contributed by atoms with van der Waals surface area (Å²) >= 11 is 0. The average molecular weight is 376 g/mol. The van der Waals surface area contributed by atoms with Crippen LogP contribution in [0.25, 0.3) is 11.5 Å². The van der Waals surface area contributed by atoms with Gasteiger partial charge in [-0.15, -0.1) is 0 Å². The fourth-order valence-corrected chi connectivity index (χ4v) is 3.09. The zero-order valence-corrected chi connectivity index (χ0v) is 15.5. The van der Waals surface area contributed by atoms with Crippen LogP contribution in [-0.4, -0.2) is 41.1 Å². The van der Waals surface area contributed by atoms with E-state index in [2.05, 4.69) is 20.3 Å². The van der Waals surface area contributed by atoms with E-state index in [0.29, 0.717) is 30.2 Å². The Labute approximate surface area is 162 Å². The molecular weight excluding hydrogens is 356 g/mol. The van der Waals surface area contributed by atoms with Crippen molar-refractivity contribution in [1.29, 1.82) is 0 Å². The number of amides is 1. The summed E-state index contributed by atoms with van der Waals surface area (Å²) in [6, 6.07) is 11.3. The van der Waals surface area contributed by atoms with Crippen LogP contribution in [0.5, 0.6) is 11.5 Å². The molecule has 7 nitrogen and oxygen atoms in total. The molecule has 1 atom stereocenters. The maximum atomic E-state index is 12.4. The summed E-state index contributed by atoms with van der Waals surface area (Å²) in [5, 5.41) is 2.94. The van der Waals surface area contributed by atoms with Gasteiger partial charge in [-0.1, -0.05) is 12.1 Å². The highest BCUT2D eigenvalue weighted by molar-refractivity contribution is 5.93. The highest BCUT2D eigenvalue weighted by Crippen LogP contribution is 2.30. The Morgan fingerprint density at radius 1 is 1.21 bits per heavy atom. The van der Waals surface area contributed by atoms with Crippen LogP contribution in [0, 0.1) is 5.92 Å². The van der Waals surface area contributed by atoms with Gasteiger partial charge in [0.15, 0.2) is 5.82 Å². The molecule has 1 unspecified atom stereocenters. The molecule has 3 aromatic rings. The van der Waals surface area contributed by atoms with Gasteiger partial charge in [0.25, 0.3) is 5.91 Å². The molecule has 0 radical (unpaired) electrons. The number of pyridine rings is 1. The van der Waals surface area contributed by atoms with Gasteiger partial charge < -0.3 is 14.8 Å². The van der Waals surface area contributed by atoms with Crippen molar-refractivity contribution in [2.75, 3.05) is 20.3 Å². The van der Waals surface area contributed by atoms with E-state index >= 15 is 0 Å². The summed E-state index contributed by atoms with van der Waals surface area (Å²) in [7, 11) is 1.63. The number of ether oxygens (including phenoxy) is 2. The van der Waals surface area contributed by atoms with Crippen LogP contribution in [0.2, 0.25) is 0 Å². The van der Waals surface area contributed by atoms with Crippen LogP contribution < -0.4 is 14.8 Å². The number of nitrogens with zero attached hydrogens (tertiary/aromatic N) is 3. The van der Waals surface area contributed by atoms with Gasteiger partial charge in [-0.3, -0.25) is 9.78 Å². The summed E-state index contributed by atoms with van der Waals surface area (Å²) in [6.45, 7) is 1.07. The molecule has 1 aliphatic heterocycles. The third kappa shape index (κ3) is 3.93. The molecule has 1 aliphatic rings. The van der Waals surface area contributed by atoms with Crippen molar-refractivity contribution in [3.8, 4) is 23.0 Å². The van der Waals surface area contributed by atoms with Crippen molar-refractivity contribution < 1.29 is 14.3 Å². The van der Waals surface area contributed by atoms with Crippen molar-refractivity contribution in [3.63, 3.8) is 0 Å². The van der Waals surface area contributed by atoms with Gasteiger partial charge in [-0.25, -0.2) is 9.97 Å².